The summed E-state index contributed by atoms with van der Waals surface area (Å²) in [5.41, 5.74) is 1.06. The Kier molecular flexibility index (Phi) is 8.25. The van der Waals surface area contributed by atoms with Gasteiger partial charge in [0.1, 0.15) is 5.78 Å². The van der Waals surface area contributed by atoms with Crippen LogP contribution in [0.4, 0.5) is 0 Å². The maximum Gasteiger partial charge on any atom is 0.198 e. The van der Waals surface area contributed by atoms with Crippen LogP contribution in [0, 0.1) is 0 Å². The van der Waals surface area contributed by atoms with Gasteiger partial charge < -0.3 is 0 Å². The molecule has 1 rings (SSSR count). The minimum absolute atomic E-state index is 0.252. The van der Waals surface area contributed by atoms with E-state index in [1.165, 1.54) is 0 Å². The van der Waals surface area contributed by atoms with Crippen molar-refractivity contribution in [1.29, 1.82) is 0 Å². The van der Waals surface area contributed by atoms with Crippen molar-refractivity contribution in [2.75, 3.05) is 0 Å². The van der Waals surface area contributed by atoms with Crippen molar-refractivity contribution < 1.29 is 14.4 Å². The molecule has 0 heterocycles. The van der Waals surface area contributed by atoms with Gasteiger partial charge in [0.25, 0.3) is 0 Å². The van der Waals surface area contributed by atoms with E-state index in [2.05, 4.69) is 0 Å². The van der Waals surface area contributed by atoms with Crippen molar-refractivity contribution in [3.05, 3.63) is 35.9 Å². The lowest BCUT2D eigenvalue weighted by Gasteiger charge is -2.02. The number of hydrogen-bond donors (Lipinski definition) is 0. The Balaban J connectivity index is 2.05. The van der Waals surface area contributed by atoms with E-state index in [-0.39, 0.29) is 17.3 Å². The normalized spacial score (nSPS) is 10.3. The quantitative estimate of drug-likeness (QED) is 0.461. The second-order valence-corrected chi connectivity index (χ2v) is 5.32. The molecule has 3 nitrogen and oxygen atoms in total. The highest BCUT2D eigenvalue weighted by Gasteiger charge is 2.10. The van der Waals surface area contributed by atoms with Gasteiger partial charge in [0.05, 0.1) is 0 Å². The van der Waals surface area contributed by atoms with Gasteiger partial charge in [0.2, 0.25) is 0 Å². The summed E-state index contributed by atoms with van der Waals surface area (Å²) >= 11 is 0. The highest BCUT2D eigenvalue weighted by atomic mass is 16.2. The molecule has 3 heteroatoms. The van der Waals surface area contributed by atoms with E-state index in [0.717, 1.165) is 31.2 Å². The maximum atomic E-state index is 11.8. The van der Waals surface area contributed by atoms with E-state index in [1.54, 1.807) is 6.92 Å². The van der Waals surface area contributed by atoms with E-state index >= 15 is 0 Å². The third-order valence-corrected chi connectivity index (χ3v) is 3.49. The van der Waals surface area contributed by atoms with Gasteiger partial charge in [0.15, 0.2) is 11.6 Å². The first-order valence-electron chi connectivity index (χ1n) is 7.75. The molecule has 0 aliphatic rings. The lowest BCUT2D eigenvalue weighted by molar-refractivity contribution is -0.136. The Morgan fingerprint density at radius 1 is 0.810 bits per heavy atom. The Bertz CT molecular complexity index is 463. The fourth-order valence-electron chi connectivity index (χ4n) is 2.21. The number of carbonyl (C=O) groups excluding carboxylic acids is 3. The SMILES string of the molecule is CCC(=O)C(=O)CCCCCCC(=O)Cc1ccccc1. The average Bonchev–Trinajstić information content (AvgIpc) is 2.50. The molecule has 0 aromatic heterocycles. The van der Waals surface area contributed by atoms with E-state index in [1.807, 2.05) is 30.3 Å². The van der Waals surface area contributed by atoms with Crippen LogP contribution in [0.1, 0.15) is 57.4 Å². The van der Waals surface area contributed by atoms with Crippen molar-refractivity contribution in [2.45, 2.75) is 58.3 Å². The summed E-state index contributed by atoms with van der Waals surface area (Å²) in [4.78, 5) is 34.2. The third-order valence-electron chi connectivity index (χ3n) is 3.49. The fraction of sp³-hybridized carbons (Fsp3) is 0.500. The summed E-state index contributed by atoms with van der Waals surface area (Å²) in [6, 6.07) is 9.76. The van der Waals surface area contributed by atoms with E-state index < -0.39 is 0 Å². The van der Waals surface area contributed by atoms with E-state index in [0.29, 0.717) is 25.7 Å². The Labute approximate surface area is 126 Å². The Morgan fingerprint density at radius 3 is 2.05 bits per heavy atom. The van der Waals surface area contributed by atoms with Crippen molar-refractivity contribution in [1.82, 2.24) is 0 Å². The molecule has 0 aliphatic carbocycles. The van der Waals surface area contributed by atoms with Crippen LogP contribution in [0.25, 0.3) is 0 Å². The van der Waals surface area contributed by atoms with Crippen molar-refractivity contribution in [3.63, 3.8) is 0 Å². The zero-order valence-corrected chi connectivity index (χ0v) is 12.8. The van der Waals surface area contributed by atoms with Crippen LogP contribution in [0.3, 0.4) is 0 Å². The van der Waals surface area contributed by atoms with Gasteiger partial charge in [-0.15, -0.1) is 0 Å². The monoisotopic (exact) mass is 288 g/mol. The first-order chi connectivity index (χ1) is 10.1. The smallest absolute Gasteiger partial charge is 0.198 e. The highest BCUT2D eigenvalue weighted by molar-refractivity contribution is 6.37. The lowest BCUT2D eigenvalue weighted by Crippen LogP contribution is -2.11. The van der Waals surface area contributed by atoms with Crippen LogP contribution in [-0.2, 0) is 20.8 Å². The molecule has 1 aromatic carbocycles. The number of benzene rings is 1. The molecule has 0 amide bonds. The molecule has 1 aromatic rings. The first-order valence-corrected chi connectivity index (χ1v) is 7.75. The summed E-state index contributed by atoms with van der Waals surface area (Å²) in [6.07, 6.45) is 5.20. The molecule has 0 bridgehead atoms. The molecule has 0 spiro atoms. The second-order valence-electron chi connectivity index (χ2n) is 5.32. The maximum absolute atomic E-state index is 11.8. The standard InChI is InChI=1S/C18H24O3/c1-2-17(20)18(21)13-9-4-3-8-12-16(19)14-15-10-6-5-7-11-15/h5-7,10-11H,2-4,8-9,12-14H2,1H3. The van der Waals surface area contributed by atoms with Gasteiger partial charge in [-0.2, -0.15) is 0 Å². The van der Waals surface area contributed by atoms with Gasteiger partial charge in [-0.1, -0.05) is 50.1 Å². The molecule has 0 aliphatic heterocycles. The zero-order valence-electron chi connectivity index (χ0n) is 12.8. The van der Waals surface area contributed by atoms with Gasteiger partial charge >= 0.3 is 0 Å². The minimum Gasteiger partial charge on any atom is -0.299 e. The Morgan fingerprint density at radius 2 is 1.43 bits per heavy atom. The molecule has 0 radical (unpaired) electrons. The van der Waals surface area contributed by atoms with Gasteiger partial charge in [0, 0.05) is 25.7 Å². The Hall–Kier alpha value is -1.77. The number of carbonyl (C=O) groups is 3. The van der Waals surface area contributed by atoms with E-state index in [4.69, 9.17) is 0 Å². The number of hydrogen-bond acceptors (Lipinski definition) is 3. The molecule has 0 saturated heterocycles. The zero-order chi connectivity index (χ0) is 15.5. The van der Waals surface area contributed by atoms with Crippen LogP contribution in [-0.4, -0.2) is 17.3 Å². The highest BCUT2D eigenvalue weighted by Crippen LogP contribution is 2.09. The lowest BCUT2D eigenvalue weighted by atomic mass is 10.0. The summed E-state index contributed by atoms with van der Waals surface area (Å²) in [5.74, 6) is -0.260. The molecule has 114 valence electrons. The molecule has 0 saturated carbocycles. The molecule has 0 fully saturated rings. The largest absolute Gasteiger partial charge is 0.299 e. The predicted molar refractivity (Wildman–Crippen MR) is 83.2 cm³/mol. The van der Waals surface area contributed by atoms with Crippen molar-refractivity contribution in [2.24, 2.45) is 0 Å². The summed E-state index contributed by atoms with van der Waals surface area (Å²) in [5, 5.41) is 0. The molecule has 0 atom stereocenters. The minimum atomic E-state index is -0.270. The van der Waals surface area contributed by atoms with Crippen molar-refractivity contribution in [3.8, 4) is 0 Å². The fourth-order valence-corrected chi connectivity index (χ4v) is 2.21. The van der Waals surface area contributed by atoms with Gasteiger partial charge in [-0.25, -0.2) is 0 Å². The summed E-state index contributed by atoms with van der Waals surface area (Å²) in [6.45, 7) is 1.71. The summed E-state index contributed by atoms with van der Waals surface area (Å²) in [7, 11) is 0. The van der Waals surface area contributed by atoms with Crippen LogP contribution in [0.5, 0.6) is 0 Å². The van der Waals surface area contributed by atoms with E-state index in [9.17, 15) is 14.4 Å². The molecular formula is C18H24O3. The molecular weight excluding hydrogens is 264 g/mol. The van der Waals surface area contributed by atoms with Crippen LogP contribution < -0.4 is 0 Å². The van der Waals surface area contributed by atoms with Crippen LogP contribution in [0.2, 0.25) is 0 Å². The topological polar surface area (TPSA) is 51.2 Å². The number of unbranched alkanes of at least 4 members (excludes halogenated alkanes) is 3. The van der Waals surface area contributed by atoms with Gasteiger partial charge in [-0.3, -0.25) is 14.4 Å². The molecule has 0 unspecified atom stereocenters. The van der Waals surface area contributed by atoms with Crippen LogP contribution in [0.15, 0.2) is 30.3 Å². The second kappa shape index (κ2) is 10.0. The summed E-state index contributed by atoms with van der Waals surface area (Å²) < 4.78 is 0. The van der Waals surface area contributed by atoms with Crippen molar-refractivity contribution >= 4 is 17.3 Å². The first kappa shape index (κ1) is 17.3. The number of Topliss-reactive ketones (excluding diaryl/α,β-unsaturated/α-hetero) is 3. The average molecular weight is 288 g/mol. The van der Waals surface area contributed by atoms with Crippen LogP contribution >= 0.6 is 0 Å². The number of rotatable bonds is 11. The number of ketones is 3. The van der Waals surface area contributed by atoms with Gasteiger partial charge in [-0.05, 0) is 18.4 Å². The molecule has 21 heavy (non-hydrogen) atoms. The molecule has 0 N–H and O–H groups in total. The third kappa shape index (κ3) is 7.54. The predicted octanol–water partition coefficient (Wildman–Crippen LogP) is 3.69.